The summed E-state index contributed by atoms with van der Waals surface area (Å²) in [6.07, 6.45) is 0. The first-order valence-electron chi connectivity index (χ1n) is 11.6. The number of non-ortho nitro benzene ring substituents is 1. The van der Waals surface area contributed by atoms with E-state index in [1.807, 2.05) is 24.3 Å². The van der Waals surface area contributed by atoms with Gasteiger partial charge in [-0.2, -0.15) is 0 Å². The standard InChI is InChI=1S/C29H17FN2O6/c30-18-9-5-17(6-10-18)27(33)25-26(16-7-11-19(12-8-16)32(36)37)31(29(35)28(25)34)20-13-14-22-21-3-1-2-4-23(21)38-24(22)15-20/h1-15,26,33H/b27-25-. The summed E-state index contributed by atoms with van der Waals surface area (Å²) in [6.45, 7) is 0. The van der Waals surface area contributed by atoms with Crippen molar-refractivity contribution >= 4 is 50.8 Å². The van der Waals surface area contributed by atoms with Crippen molar-refractivity contribution in [2.75, 3.05) is 4.90 Å². The largest absolute Gasteiger partial charge is 0.507 e. The van der Waals surface area contributed by atoms with Crippen LogP contribution < -0.4 is 4.90 Å². The summed E-state index contributed by atoms with van der Waals surface area (Å²) in [4.78, 5) is 38.6. The summed E-state index contributed by atoms with van der Waals surface area (Å²) in [5.41, 5.74) is 1.59. The maximum absolute atomic E-state index is 13.5. The Bertz CT molecular complexity index is 1810. The maximum Gasteiger partial charge on any atom is 0.300 e. The van der Waals surface area contributed by atoms with E-state index in [-0.39, 0.29) is 16.8 Å². The van der Waals surface area contributed by atoms with Gasteiger partial charge in [-0.05, 0) is 60.2 Å². The van der Waals surface area contributed by atoms with Crippen molar-refractivity contribution in [3.05, 3.63) is 124 Å². The molecule has 1 fully saturated rings. The number of halogens is 1. The van der Waals surface area contributed by atoms with Crippen molar-refractivity contribution in [2.45, 2.75) is 6.04 Å². The summed E-state index contributed by atoms with van der Waals surface area (Å²) in [5, 5.41) is 24.0. The fourth-order valence-corrected chi connectivity index (χ4v) is 4.82. The molecule has 9 heteroatoms. The summed E-state index contributed by atoms with van der Waals surface area (Å²) in [6, 6.07) is 21.7. The van der Waals surface area contributed by atoms with E-state index in [9.17, 15) is 29.2 Å². The third kappa shape index (κ3) is 3.60. The van der Waals surface area contributed by atoms with Gasteiger partial charge in [0, 0.05) is 40.2 Å². The maximum atomic E-state index is 13.5. The van der Waals surface area contributed by atoms with Gasteiger partial charge in [-0.1, -0.05) is 18.2 Å². The number of anilines is 1. The van der Waals surface area contributed by atoms with Crippen LogP contribution in [0, 0.1) is 15.9 Å². The molecule has 1 atom stereocenters. The third-order valence-electron chi connectivity index (χ3n) is 6.62. The van der Waals surface area contributed by atoms with E-state index in [0.717, 1.165) is 22.9 Å². The molecule has 0 bridgehead atoms. The SMILES string of the molecule is O=C1C(=O)N(c2ccc3c(c2)oc2ccccc23)C(c2ccc([N+](=O)[O-])cc2)/C1=C(/O)c1ccc(F)cc1. The Labute approximate surface area is 214 Å². The number of nitro benzene ring substituents is 1. The number of furan rings is 1. The van der Waals surface area contributed by atoms with Crippen LogP contribution in [0.1, 0.15) is 17.2 Å². The number of para-hydroxylation sites is 1. The van der Waals surface area contributed by atoms with Crippen LogP contribution in [-0.4, -0.2) is 21.7 Å². The van der Waals surface area contributed by atoms with Crippen LogP contribution in [0.3, 0.4) is 0 Å². The second kappa shape index (κ2) is 8.67. The predicted molar refractivity (Wildman–Crippen MR) is 138 cm³/mol. The van der Waals surface area contributed by atoms with Gasteiger partial charge in [-0.3, -0.25) is 24.6 Å². The highest BCUT2D eigenvalue weighted by molar-refractivity contribution is 6.51. The molecule has 5 aromatic rings. The van der Waals surface area contributed by atoms with E-state index in [1.165, 1.54) is 41.3 Å². The normalized spacial score (nSPS) is 17.0. The Morgan fingerprint density at radius 3 is 2.29 bits per heavy atom. The molecule has 6 rings (SSSR count). The number of aliphatic hydroxyl groups is 1. The predicted octanol–water partition coefficient (Wildman–Crippen LogP) is 6.26. The number of carbonyl (C=O) groups excluding carboxylic acids is 2. The van der Waals surface area contributed by atoms with Gasteiger partial charge < -0.3 is 9.52 Å². The average molecular weight is 508 g/mol. The van der Waals surface area contributed by atoms with Crippen molar-refractivity contribution in [3.8, 4) is 0 Å². The van der Waals surface area contributed by atoms with Gasteiger partial charge in [0.25, 0.3) is 17.4 Å². The lowest BCUT2D eigenvalue weighted by Gasteiger charge is -2.25. The minimum absolute atomic E-state index is 0.143. The average Bonchev–Trinajstić information content (AvgIpc) is 3.42. The molecule has 2 heterocycles. The number of benzene rings is 4. The lowest BCUT2D eigenvalue weighted by Crippen LogP contribution is -2.29. The summed E-state index contributed by atoms with van der Waals surface area (Å²) < 4.78 is 19.5. The van der Waals surface area contributed by atoms with Crippen molar-refractivity contribution < 1.29 is 28.4 Å². The smallest absolute Gasteiger partial charge is 0.300 e. The first-order valence-corrected chi connectivity index (χ1v) is 11.6. The van der Waals surface area contributed by atoms with E-state index in [1.54, 1.807) is 18.2 Å². The minimum atomic E-state index is -1.11. The Balaban J connectivity index is 1.55. The van der Waals surface area contributed by atoms with Crippen LogP contribution in [0.4, 0.5) is 15.8 Å². The van der Waals surface area contributed by atoms with Gasteiger partial charge in [0.05, 0.1) is 16.5 Å². The summed E-state index contributed by atoms with van der Waals surface area (Å²) in [5.74, 6) is -2.86. The molecular weight excluding hydrogens is 491 g/mol. The number of hydrogen-bond acceptors (Lipinski definition) is 6. The third-order valence-corrected chi connectivity index (χ3v) is 6.62. The van der Waals surface area contributed by atoms with Crippen LogP contribution in [-0.2, 0) is 9.59 Å². The Hall–Kier alpha value is -5.31. The molecule has 0 spiro atoms. The number of aliphatic hydroxyl groups excluding tert-OH is 1. The van der Waals surface area contributed by atoms with E-state index >= 15 is 0 Å². The highest BCUT2D eigenvalue weighted by atomic mass is 19.1. The van der Waals surface area contributed by atoms with E-state index in [4.69, 9.17) is 4.42 Å². The summed E-state index contributed by atoms with van der Waals surface area (Å²) >= 11 is 0. The number of Topliss-reactive ketones (excluding diaryl/α,β-unsaturated/α-hetero) is 1. The lowest BCUT2D eigenvalue weighted by atomic mass is 9.95. The van der Waals surface area contributed by atoms with Crippen LogP contribution >= 0.6 is 0 Å². The number of rotatable bonds is 4. The molecule has 0 saturated carbocycles. The quantitative estimate of drug-likeness (QED) is 0.101. The number of hydrogen-bond donors (Lipinski definition) is 1. The molecule has 186 valence electrons. The fourth-order valence-electron chi connectivity index (χ4n) is 4.82. The molecule has 38 heavy (non-hydrogen) atoms. The van der Waals surface area contributed by atoms with Gasteiger partial charge in [0.2, 0.25) is 0 Å². The molecule has 0 aliphatic carbocycles. The Morgan fingerprint density at radius 1 is 0.895 bits per heavy atom. The molecule has 1 amide bonds. The molecule has 1 aliphatic rings. The van der Waals surface area contributed by atoms with Gasteiger partial charge >= 0.3 is 0 Å². The van der Waals surface area contributed by atoms with Crippen molar-refractivity contribution in [1.82, 2.24) is 0 Å². The van der Waals surface area contributed by atoms with Gasteiger partial charge in [0.1, 0.15) is 22.7 Å². The van der Waals surface area contributed by atoms with Crippen molar-refractivity contribution in [3.63, 3.8) is 0 Å². The van der Waals surface area contributed by atoms with E-state index in [2.05, 4.69) is 0 Å². The second-order valence-corrected chi connectivity index (χ2v) is 8.80. The van der Waals surface area contributed by atoms with Crippen LogP contribution in [0.15, 0.2) is 101 Å². The zero-order valence-corrected chi connectivity index (χ0v) is 19.5. The molecule has 1 saturated heterocycles. The summed E-state index contributed by atoms with van der Waals surface area (Å²) in [7, 11) is 0. The number of amides is 1. The molecule has 1 N–H and O–H groups in total. The van der Waals surface area contributed by atoms with E-state index in [0.29, 0.717) is 22.4 Å². The van der Waals surface area contributed by atoms with Gasteiger partial charge in [0.15, 0.2) is 0 Å². The number of carbonyl (C=O) groups is 2. The highest BCUT2D eigenvalue weighted by Gasteiger charge is 2.47. The minimum Gasteiger partial charge on any atom is -0.507 e. The first-order chi connectivity index (χ1) is 18.3. The van der Waals surface area contributed by atoms with E-state index < -0.39 is 34.2 Å². The molecule has 4 aromatic carbocycles. The van der Waals surface area contributed by atoms with Crippen LogP contribution in [0.2, 0.25) is 0 Å². The lowest BCUT2D eigenvalue weighted by molar-refractivity contribution is -0.384. The number of nitro groups is 1. The molecule has 1 unspecified atom stereocenters. The fraction of sp³-hybridized carbons (Fsp3) is 0.0345. The zero-order chi connectivity index (χ0) is 26.6. The van der Waals surface area contributed by atoms with Crippen LogP contribution in [0.5, 0.6) is 0 Å². The van der Waals surface area contributed by atoms with Crippen molar-refractivity contribution in [1.29, 1.82) is 0 Å². The molecule has 1 aromatic heterocycles. The monoisotopic (exact) mass is 508 g/mol. The number of ketones is 1. The second-order valence-electron chi connectivity index (χ2n) is 8.80. The zero-order valence-electron chi connectivity index (χ0n) is 19.5. The Morgan fingerprint density at radius 2 is 1.58 bits per heavy atom. The molecule has 1 aliphatic heterocycles. The molecule has 8 nitrogen and oxygen atoms in total. The molecular formula is C29H17FN2O6. The van der Waals surface area contributed by atoms with Crippen LogP contribution in [0.25, 0.3) is 27.7 Å². The van der Waals surface area contributed by atoms with Gasteiger partial charge in [-0.25, -0.2) is 4.39 Å². The molecule has 0 radical (unpaired) electrons. The Kier molecular flexibility index (Phi) is 5.27. The number of nitrogens with zero attached hydrogens (tertiary/aromatic N) is 2. The topological polar surface area (TPSA) is 114 Å². The van der Waals surface area contributed by atoms with Gasteiger partial charge in [-0.15, -0.1) is 0 Å². The highest BCUT2D eigenvalue weighted by Crippen LogP contribution is 2.43. The van der Waals surface area contributed by atoms with Crippen molar-refractivity contribution in [2.24, 2.45) is 0 Å². The number of fused-ring (bicyclic) bond motifs is 3. The first kappa shape index (κ1) is 23.1.